The Hall–Kier alpha value is -0.980. The molecule has 6 nitrogen and oxygen atoms in total. The molecule has 0 aromatic rings. The molecular formula is C14H24O6. The van der Waals surface area contributed by atoms with Gasteiger partial charge in [0.25, 0.3) is 0 Å². The molecule has 0 saturated carbocycles. The zero-order chi connectivity index (χ0) is 14.8. The van der Waals surface area contributed by atoms with E-state index in [1.165, 1.54) is 0 Å². The summed E-state index contributed by atoms with van der Waals surface area (Å²) < 4.78 is 20.7. The van der Waals surface area contributed by atoms with Crippen molar-refractivity contribution >= 4 is 11.8 Å². The van der Waals surface area contributed by atoms with Gasteiger partial charge in [-0.2, -0.15) is 0 Å². The predicted octanol–water partition coefficient (Wildman–Crippen LogP) is 0.968. The van der Waals surface area contributed by atoms with E-state index in [2.05, 4.69) is 0 Å². The van der Waals surface area contributed by atoms with Gasteiger partial charge < -0.3 is 18.9 Å². The molecule has 0 bridgehead atoms. The molecule has 0 aromatic heterocycles. The zero-order valence-electron chi connectivity index (χ0n) is 12.3. The lowest BCUT2D eigenvalue weighted by Gasteiger charge is -2.33. The van der Waals surface area contributed by atoms with Crippen LogP contribution in [0.15, 0.2) is 0 Å². The van der Waals surface area contributed by atoms with Gasteiger partial charge in [-0.15, -0.1) is 0 Å². The molecular weight excluding hydrogens is 264 g/mol. The smallest absolute Gasteiger partial charge is 0.322 e. The molecule has 0 aromatic carbocycles. The maximum absolute atomic E-state index is 12.1. The molecule has 0 spiro atoms. The Bertz CT molecular complexity index is 317. The van der Waals surface area contributed by atoms with Gasteiger partial charge in [-0.1, -0.05) is 0 Å². The molecule has 1 rings (SSSR count). The SMILES string of the molecule is CCOC(=O)C1(CCOCCCOC)COCCC1=O. The Morgan fingerprint density at radius 1 is 1.35 bits per heavy atom. The van der Waals surface area contributed by atoms with Gasteiger partial charge in [0.2, 0.25) is 0 Å². The molecule has 116 valence electrons. The Kier molecular flexibility index (Phi) is 7.72. The summed E-state index contributed by atoms with van der Waals surface area (Å²) in [6, 6.07) is 0. The van der Waals surface area contributed by atoms with E-state index in [-0.39, 0.29) is 25.4 Å². The zero-order valence-corrected chi connectivity index (χ0v) is 12.3. The Morgan fingerprint density at radius 2 is 2.15 bits per heavy atom. The first kappa shape index (κ1) is 17.1. The first-order valence-corrected chi connectivity index (χ1v) is 7.02. The second-order valence-corrected chi connectivity index (χ2v) is 4.74. The highest BCUT2D eigenvalue weighted by Gasteiger charge is 2.48. The molecule has 1 atom stereocenters. The fourth-order valence-electron chi connectivity index (χ4n) is 2.14. The quantitative estimate of drug-likeness (QED) is 0.358. The van der Waals surface area contributed by atoms with Crippen molar-refractivity contribution in [3.8, 4) is 0 Å². The first-order valence-electron chi connectivity index (χ1n) is 7.02. The highest BCUT2D eigenvalue weighted by atomic mass is 16.5. The van der Waals surface area contributed by atoms with Gasteiger partial charge in [0.1, 0.15) is 0 Å². The van der Waals surface area contributed by atoms with Crippen molar-refractivity contribution in [3.05, 3.63) is 0 Å². The third-order valence-corrected chi connectivity index (χ3v) is 3.33. The van der Waals surface area contributed by atoms with E-state index >= 15 is 0 Å². The van der Waals surface area contributed by atoms with Gasteiger partial charge >= 0.3 is 5.97 Å². The van der Waals surface area contributed by atoms with Crippen LogP contribution in [0.5, 0.6) is 0 Å². The largest absolute Gasteiger partial charge is 0.465 e. The number of hydrogen-bond acceptors (Lipinski definition) is 6. The number of carbonyl (C=O) groups excluding carboxylic acids is 2. The average molecular weight is 288 g/mol. The monoisotopic (exact) mass is 288 g/mol. The second kappa shape index (κ2) is 9.05. The van der Waals surface area contributed by atoms with Crippen molar-refractivity contribution < 1.29 is 28.5 Å². The molecule has 0 N–H and O–H groups in total. The molecule has 0 amide bonds. The van der Waals surface area contributed by atoms with Crippen LogP contribution in [-0.4, -0.2) is 58.5 Å². The minimum Gasteiger partial charge on any atom is -0.465 e. The number of methoxy groups -OCH3 is 1. The number of hydrogen-bond donors (Lipinski definition) is 0. The predicted molar refractivity (Wildman–Crippen MR) is 71.4 cm³/mol. The van der Waals surface area contributed by atoms with E-state index in [0.717, 1.165) is 6.42 Å². The maximum Gasteiger partial charge on any atom is 0.322 e. The fourth-order valence-corrected chi connectivity index (χ4v) is 2.14. The third-order valence-electron chi connectivity index (χ3n) is 3.33. The number of esters is 1. The van der Waals surface area contributed by atoms with E-state index in [1.807, 2.05) is 0 Å². The van der Waals surface area contributed by atoms with Gasteiger partial charge in [0.05, 0.1) is 19.8 Å². The fraction of sp³-hybridized carbons (Fsp3) is 0.857. The first-order chi connectivity index (χ1) is 9.67. The highest BCUT2D eigenvalue weighted by Crippen LogP contribution is 2.31. The summed E-state index contributed by atoms with van der Waals surface area (Å²) in [5.74, 6) is -0.604. The van der Waals surface area contributed by atoms with E-state index in [1.54, 1.807) is 14.0 Å². The minimum atomic E-state index is -1.19. The lowest BCUT2D eigenvalue weighted by atomic mass is 9.78. The molecule has 1 saturated heterocycles. The molecule has 0 aliphatic carbocycles. The summed E-state index contributed by atoms with van der Waals surface area (Å²) in [7, 11) is 1.63. The lowest BCUT2D eigenvalue weighted by Crippen LogP contribution is -2.48. The van der Waals surface area contributed by atoms with Crippen molar-refractivity contribution in [2.75, 3.05) is 46.8 Å². The summed E-state index contributed by atoms with van der Waals surface area (Å²) in [5.41, 5.74) is -1.19. The van der Waals surface area contributed by atoms with Gasteiger partial charge in [-0.05, 0) is 19.8 Å². The van der Waals surface area contributed by atoms with Crippen LogP contribution in [0.1, 0.15) is 26.2 Å². The van der Waals surface area contributed by atoms with Crippen molar-refractivity contribution in [1.29, 1.82) is 0 Å². The molecule has 0 radical (unpaired) electrons. The van der Waals surface area contributed by atoms with E-state index in [4.69, 9.17) is 18.9 Å². The number of ketones is 1. The minimum absolute atomic E-state index is 0.0894. The van der Waals surface area contributed by atoms with Crippen molar-refractivity contribution in [2.24, 2.45) is 5.41 Å². The summed E-state index contributed by atoms with van der Waals surface area (Å²) in [6.07, 6.45) is 1.34. The van der Waals surface area contributed by atoms with Crippen LogP contribution in [0.2, 0.25) is 0 Å². The topological polar surface area (TPSA) is 71.1 Å². The summed E-state index contributed by atoms with van der Waals surface area (Å²) >= 11 is 0. The van der Waals surface area contributed by atoms with Crippen LogP contribution < -0.4 is 0 Å². The summed E-state index contributed by atoms with van der Waals surface area (Å²) in [5, 5.41) is 0. The third kappa shape index (κ3) is 4.54. The summed E-state index contributed by atoms with van der Waals surface area (Å²) in [6.45, 7) is 3.94. The summed E-state index contributed by atoms with van der Waals surface area (Å²) in [4.78, 5) is 24.2. The molecule has 6 heteroatoms. The molecule has 20 heavy (non-hydrogen) atoms. The van der Waals surface area contributed by atoms with Gasteiger partial charge in [0.15, 0.2) is 11.2 Å². The maximum atomic E-state index is 12.1. The molecule has 1 aliphatic rings. The molecule has 1 aliphatic heterocycles. The molecule has 1 unspecified atom stereocenters. The lowest BCUT2D eigenvalue weighted by molar-refractivity contribution is -0.171. The van der Waals surface area contributed by atoms with Crippen molar-refractivity contribution in [2.45, 2.75) is 26.2 Å². The molecule has 1 heterocycles. The van der Waals surface area contributed by atoms with Crippen LogP contribution in [0, 0.1) is 5.41 Å². The number of Topliss-reactive ketones (excluding diaryl/α,β-unsaturated/α-hetero) is 1. The van der Waals surface area contributed by atoms with Crippen LogP contribution in [-0.2, 0) is 28.5 Å². The van der Waals surface area contributed by atoms with Gasteiger partial charge in [0, 0.05) is 33.4 Å². The van der Waals surface area contributed by atoms with Crippen molar-refractivity contribution in [1.82, 2.24) is 0 Å². The average Bonchev–Trinajstić information content (AvgIpc) is 2.45. The Morgan fingerprint density at radius 3 is 2.80 bits per heavy atom. The molecule has 1 fully saturated rings. The highest BCUT2D eigenvalue weighted by molar-refractivity contribution is 6.04. The van der Waals surface area contributed by atoms with Crippen LogP contribution in [0.4, 0.5) is 0 Å². The second-order valence-electron chi connectivity index (χ2n) is 4.74. The van der Waals surface area contributed by atoms with E-state index in [0.29, 0.717) is 32.8 Å². The van der Waals surface area contributed by atoms with Crippen LogP contribution in [0.25, 0.3) is 0 Å². The number of carbonyl (C=O) groups is 2. The van der Waals surface area contributed by atoms with Crippen molar-refractivity contribution in [3.63, 3.8) is 0 Å². The van der Waals surface area contributed by atoms with Gasteiger partial charge in [-0.25, -0.2) is 0 Å². The number of rotatable bonds is 9. The Balaban J connectivity index is 2.50. The normalized spacial score (nSPS) is 22.8. The number of ether oxygens (including phenoxy) is 4. The van der Waals surface area contributed by atoms with E-state index in [9.17, 15) is 9.59 Å². The van der Waals surface area contributed by atoms with Crippen LogP contribution in [0.3, 0.4) is 0 Å². The van der Waals surface area contributed by atoms with Gasteiger partial charge in [-0.3, -0.25) is 9.59 Å². The Labute approximate surface area is 119 Å². The van der Waals surface area contributed by atoms with Crippen LogP contribution >= 0.6 is 0 Å². The standard InChI is InChI=1S/C14H24O6/c1-3-20-13(16)14(11-19-9-5-12(14)15)6-10-18-8-4-7-17-2/h3-11H2,1-2H3. The van der Waals surface area contributed by atoms with E-state index < -0.39 is 11.4 Å².